The molecule has 0 saturated carbocycles. The molecule has 7 heteroatoms. The summed E-state index contributed by atoms with van der Waals surface area (Å²) in [6, 6.07) is 6.99. The third kappa shape index (κ3) is 3.73. The lowest BCUT2D eigenvalue weighted by molar-refractivity contribution is -0.137. The van der Waals surface area contributed by atoms with E-state index in [0.29, 0.717) is 31.6 Å². The molecule has 1 N–H and O–H groups in total. The first-order chi connectivity index (χ1) is 10.9. The lowest BCUT2D eigenvalue weighted by Gasteiger charge is -2.25. The number of β-amino-alcohol motifs (C(OH)–C–C–N with tert-alkyl or cyclic N) is 1. The molecule has 1 aromatic heterocycles. The number of halogens is 3. The molecule has 4 nitrogen and oxygen atoms in total. The van der Waals surface area contributed by atoms with Crippen LogP contribution < -0.4 is 0 Å². The molecule has 2 aromatic rings. The second-order valence-corrected chi connectivity index (χ2v) is 5.79. The van der Waals surface area contributed by atoms with Gasteiger partial charge < -0.3 is 5.11 Å². The highest BCUT2D eigenvalue weighted by Crippen LogP contribution is 2.35. The first kappa shape index (κ1) is 16.0. The van der Waals surface area contributed by atoms with Gasteiger partial charge in [-0.2, -0.15) is 18.3 Å². The Morgan fingerprint density at radius 1 is 1.22 bits per heavy atom. The third-order valence-corrected chi connectivity index (χ3v) is 4.16. The maximum Gasteiger partial charge on any atom is 0.416 e. The molecule has 0 aliphatic carbocycles. The van der Waals surface area contributed by atoms with Crippen LogP contribution in [0.25, 0.3) is 0 Å². The number of hydrogen-bond acceptors (Lipinski definition) is 3. The van der Waals surface area contributed by atoms with Crippen LogP contribution in [0.15, 0.2) is 42.7 Å². The summed E-state index contributed by atoms with van der Waals surface area (Å²) in [5.41, 5.74) is -0.0553. The van der Waals surface area contributed by atoms with E-state index in [9.17, 15) is 18.3 Å². The summed E-state index contributed by atoms with van der Waals surface area (Å²) in [4.78, 5) is 2.02. The zero-order valence-corrected chi connectivity index (χ0v) is 12.4. The lowest BCUT2D eigenvalue weighted by atomic mass is 10.0. The summed E-state index contributed by atoms with van der Waals surface area (Å²) < 4.78 is 40.4. The van der Waals surface area contributed by atoms with Crippen LogP contribution in [0, 0.1) is 0 Å². The van der Waals surface area contributed by atoms with E-state index in [0.717, 1.165) is 6.07 Å². The highest BCUT2D eigenvalue weighted by atomic mass is 19.4. The van der Waals surface area contributed by atoms with Crippen LogP contribution in [0.5, 0.6) is 0 Å². The summed E-state index contributed by atoms with van der Waals surface area (Å²) in [7, 11) is 0. The number of aliphatic hydroxyl groups excluding tert-OH is 1. The normalized spacial score (nSPS) is 22.6. The Morgan fingerprint density at radius 3 is 2.74 bits per heavy atom. The van der Waals surface area contributed by atoms with Gasteiger partial charge in [-0.05, 0) is 30.2 Å². The zero-order chi connectivity index (χ0) is 16.4. The molecule has 1 saturated heterocycles. The summed E-state index contributed by atoms with van der Waals surface area (Å²) >= 11 is 0. The molecule has 1 aliphatic rings. The molecule has 0 bridgehead atoms. The predicted octanol–water partition coefficient (Wildman–Crippen LogP) is 2.71. The Balaban J connectivity index is 1.76. The minimum Gasteiger partial charge on any atom is -0.392 e. The van der Waals surface area contributed by atoms with Crippen LogP contribution >= 0.6 is 0 Å². The fourth-order valence-corrected chi connectivity index (χ4v) is 3.06. The van der Waals surface area contributed by atoms with Gasteiger partial charge in [-0.3, -0.25) is 9.58 Å². The number of nitrogens with zero attached hydrogens (tertiary/aromatic N) is 3. The third-order valence-electron chi connectivity index (χ3n) is 4.16. The fraction of sp³-hybridized carbons (Fsp3) is 0.438. The Bertz CT molecular complexity index is 642. The summed E-state index contributed by atoms with van der Waals surface area (Å²) in [5, 5.41) is 14.1. The maximum absolute atomic E-state index is 12.9. The van der Waals surface area contributed by atoms with Crippen LogP contribution in [0.3, 0.4) is 0 Å². The second kappa shape index (κ2) is 6.33. The van der Waals surface area contributed by atoms with Crippen molar-refractivity contribution in [1.29, 1.82) is 0 Å². The maximum atomic E-state index is 12.9. The molecule has 1 aliphatic heterocycles. The van der Waals surface area contributed by atoms with Crippen LogP contribution in [0.2, 0.25) is 0 Å². The molecule has 0 amide bonds. The van der Waals surface area contributed by atoms with Gasteiger partial charge in [-0.1, -0.05) is 12.1 Å². The number of aromatic nitrogens is 2. The number of alkyl halides is 3. The molecule has 2 heterocycles. The highest BCUT2D eigenvalue weighted by molar-refractivity contribution is 5.29. The average Bonchev–Trinajstić information content (AvgIpc) is 3.13. The molecule has 3 rings (SSSR count). The van der Waals surface area contributed by atoms with Crippen molar-refractivity contribution in [3.8, 4) is 0 Å². The topological polar surface area (TPSA) is 41.3 Å². The van der Waals surface area contributed by atoms with E-state index in [1.54, 1.807) is 16.9 Å². The molecule has 1 aromatic carbocycles. The van der Waals surface area contributed by atoms with Crippen LogP contribution in [-0.4, -0.2) is 39.0 Å². The van der Waals surface area contributed by atoms with Crippen molar-refractivity contribution >= 4 is 0 Å². The molecule has 124 valence electrons. The van der Waals surface area contributed by atoms with E-state index in [2.05, 4.69) is 5.10 Å². The number of rotatable bonds is 4. The highest BCUT2D eigenvalue weighted by Gasteiger charge is 2.35. The first-order valence-corrected chi connectivity index (χ1v) is 7.50. The lowest BCUT2D eigenvalue weighted by Crippen LogP contribution is -2.28. The average molecular weight is 325 g/mol. The minimum absolute atomic E-state index is 0.206. The quantitative estimate of drug-likeness (QED) is 0.940. The molecule has 0 radical (unpaired) electrons. The van der Waals surface area contributed by atoms with Gasteiger partial charge in [0.05, 0.1) is 18.2 Å². The fourth-order valence-electron chi connectivity index (χ4n) is 3.06. The Morgan fingerprint density at radius 2 is 2.04 bits per heavy atom. The molecular weight excluding hydrogens is 307 g/mol. The Kier molecular flexibility index (Phi) is 4.41. The van der Waals surface area contributed by atoms with Gasteiger partial charge in [0.25, 0.3) is 0 Å². The molecule has 23 heavy (non-hydrogen) atoms. The minimum atomic E-state index is -4.35. The van der Waals surface area contributed by atoms with E-state index in [1.807, 2.05) is 17.2 Å². The van der Waals surface area contributed by atoms with Crippen molar-refractivity contribution in [3.63, 3.8) is 0 Å². The summed E-state index contributed by atoms with van der Waals surface area (Å²) in [5.74, 6) is 0. The zero-order valence-electron chi connectivity index (χ0n) is 12.4. The summed E-state index contributed by atoms with van der Waals surface area (Å²) in [6.45, 7) is 1.72. The molecular formula is C16H18F3N3O. The molecule has 2 unspecified atom stereocenters. The number of hydrogen-bond donors (Lipinski definition) is 1. The SMILES string of the molecule is OC1CC(c2cccc(C(F)(F)F)c2)N(CCn2cccn2)C1. The number of aliphatic hydroxyl groups is 1. The molecule has 0 spiro atoms. The van der Waals surface area contributed by atoms with Crippen molar-refractivity contribution in [3.05, 3.63) is 53.9 Å². The standard InChI is InChI=1S/C16H18F3N3O/c17-16(18,19)13-4-1-3-12(9-13)15-10-14(23)11-21(15)7-8-22-6-2-5-20-22/h1-6,9,14-15,23H,7-8,10-11H2. The Labute approximate surface area is 132 Å². The second-order valence-electron chi connectivity index (χ2n) is 5.79. The predicted molar refractivity (Wildman–Crippen MR) is 78.6 cm³/mol. The number of likely N-dealkylation sites (tertiary alicyclic amines) is 1. The monoisotopic (exact) mass is 325 g/mol. The van der Waals surface area contributed by atoms with Gasteiger partial charge in [0.15, 0.2) is 0 Å². The van der Waals surface area contributed by atoms with Gasteiger partial charge in [-0.25, -0.2) is 0 Å². The molecule has 2 atom stereocenters. The van der Waals surface area contributed by atoms with Crippen LogP contribution in [-0.2, 0) is 12.7 Å². The summed E-state index contributed by atoms with van der Waals surface area (Å²) in [6.07, 6.45) is -0.908. The van der Waals surface area contributed by atoms with Crippen molar-refractivity contribution in [2.75, 3.05) is 13.1 Å². The van der Waals surface area contributed by atoms with Crippen molar-refractivity contribution in [1.82, 2.24) is 14.7 Å². The van der Waals surface area contributed by atoms with Crippen molar-refractivity contribution < 1.29 is 18.3 Å². The first-order valence-electron chi connectivity index (χ1n) is 7.50. The molecule has 1 fully saturated rings. The van der Waals surface area contributed by atoms with Gasteiger partial charge >= 0.3 is 6.18 Å². The van der Waals surface area contributed by atoms with Gasteiger partial charge in [0.1, 0.15) is 0 Å². The van der Waals surface area contributed by atoms with E-state index < -0.39 is 17.8 Å². The van der Waals surface area contributed by atoms with Crippen LogP contribution in [0.4, 0.5) is 13.2 Å². The van der Waals surface area contributed by atoms with E-state index in [-0.39, 0.29) is 6.04 Å². The van der Waals surface area contributed by atoms with Gasteiger partial charge in [0, 0.05) is 31.5 Å². The van der Waals surface area contributed by atoms with Crippen LogP contribution in [0.1, 0.15) is 23.6 Å². The van der Waals surface area contributed by atoms with Crippen molar-refractivity contribution in [2.45, 2.75) is 31.3 Å². The van der Waals surface area contributed by atoms with Gasteiger partial charge in [0.2, 0.25) is 0 Å². The van der Waals surface area contributed by atoms with E-state index in [1.165, 1.54) is 12.1 Å². The van der Waals surface area contributed by atoms with Gasteiger partial charge in [-0.15, -0.1) is 0 Å². The Hall–Kier alpha value is -1.86. The van der Waals surface area contributed by atoms with E-state index in [4.69, 9.17) is 0 Å². The van der Waals surface area contributed by atoms with E-state index >= 15 is 0 Å². The largest absolute Gasteiger partial charge is 0.416 e. The number of benzene rings is 1. The van der Waals surface area contributed by atoms with Crippen molar-refractivity contribution in [2.24, 2.45) is 0 Å². The smallest absolute Gasteiger partial charge is 0.392 e.